The molecule has 0 aliphatic rings. The molecule has 1 atom stereocenters. The lowest BCUT2D eigenvalue weighted by atomic mass is 10.0. The van der Waals surface area contributed by atoms with Gasteiger partial charge in [-0.15, -0.1) is 0 Å². The first-order valence-electron chi connectivity index (χ1n) is 8.25. The van der Waals surface area contributed by atoms with E-state index in [4.69, 9.17) is 10.8 Å². The lowest BCUT2D eigenvalue weighted by molar-refractivity contribution is -0.138. The second-order valence-electron chi connectivity index (χ2n) is 5.70. The Balaban J connectivity index is 0.000000190. The summed E-state index contributed by atoms with van der Waals surface area (Å²) in [6, 6.07) is 27.2. The van der Waals surface area contributed by atoms with Crippen LogP contribution in [0.4, 0.5) is 0 Å². The maximum Gasteiger partial charge on any atom is 0.320 e. The Bertz CT molecular complexity index is 776. The number of ketones is 1. The maximum atomic E-state index is 11.8. The van der Waals surface area contributed by atoms with E-state index in [1.165, 1.54) is 0 Å². The highest BCUT2D eigenvalue weighted by atomic mass is 16.4. The Morgan fingerprint density at radius 2 is 1.12 bits per heavy atom. The Hall–Kier alpha value is -3.24. The molecule has 0 aliphatic carbocycles. The van der Waals surface area contributed by atoms with E-state index in [-0.39, 0.29) is 5.78 Å². The second-order valence-corrected chi connectivity index (χ2v) is 5.70. The molecule has 132 valence electrons. The lowest BCUT2D eigenvalue weighted by Crippen LogP contribution is -2.32. The van der Waals surface area contributed by atoms with E-state index in [0.29, 0.717) is 6.42 Å². The van der Waals surface area contributed by atoms with Crippen molar-refractivity contribution < 1.29 is 14.7 Å². The zero-order valence-electron chi connectivity index (χ0n) is 14.3. The summed E-state index contributed by atoms with van der Waals surface area (Å²) in [4.78, 5) is 22.2. The Morgan fingerprint density at radius 1 is 0.731 bits per heavy atom. The third-order valence-electron chi connectivity index (χ3n) is 3.69. The fourth-order valence-corrected chi connectivity index (χ4v) is 2.30. The molecule has 4 nitrogen and oxygen atoms in total. The van der Waals surface area contributed by atoms with Crippen LogP contribution in [0.1, 0.15) is 21.5 Å². The predicted molar refractivity (Wildman–Crippen MR) is 102 cm³/mol. The molecule has 0 spiro atoms. The second kappa shape index (κ2) is 9.91. The molecular weight excluding hydrogens is 326 g/mol. The van der Waals surface area contributed by atoms with Gasteiger partial charge in [-0.05, 0) is 12.0 Å². The molecule has 0 amide bonds. The summed E-state index contributed by atoms with van der Waals surface area (Å²) >= 11 is 0. The third kappa shape index (κ3) is 6.00. The largest absolute Gasteiger partial charge is 0.480 e. The van der Waals surface area contributed by atoms with Gasteiger partial charge in [0.25, 0.3) is 0 Å². The third-order valence-corrected chi connectivity index (χ3v) is 3.69. The van der Waals surface area contributed by atoms with Crippen LogP contribution in [-0.4, -0.2) is 22.9 Å². The normalized spacial score (nSPS) is 11.0. The van der Waals surface area contributed by atoms with E-state index >= 15 is 0 Å². The number of carbonyl (C=O) groups excluding carboxylic acids is 1. The first kappa shape index (κ1) is 19.1. The molecule has 0 radical (unpaired) electrons. The molecule has 0 saturated carbocycles. The number of hydrogen-bond acceptors (Lipinski definition) is 3. The van der Waals surface area contributed by atoms with Crippen LogP contribution in [0.15, 0.2) is 91.0 Å². The minimum atomic E-state index is -0.959. The molecule has 0 aliphatic heterocycles. The van der Waals surface area contributed by atoms with Gasteiger partial charge in [-0.3, -0.25) is 9.59 Å². The number of carboxylic acids is 1. The minimum absolute atomic E-state index is 0.0752. The Kier molecular flexibility index (Phi) is 7.28. The highest BCUT2D eigenvalue weighted by molar-refractivity contribution is 6.08. The van der Waals surface area contributed by atoms with Gasteiger partial charge in [0.1, 0.15) is 6.04 Å². The molecule has 3 aromatic rings. The van der Waals surface area contributed by atoms with Crippen molar-refractivity contribution in [1.82, 2.24) is 0 Å². The van der Waals surface area contributed by atoms with Crippen LogP contribution in [0.2, 0.25) is 0 Å². The number of rotatable bonds is 5. The molecule has 0 bridgehead atoms. The van der Waals surface area contributed by atoms with Gasteiger partial charge in [-0.1, -0.05) is 91.0 Å². The van der Waals surface area contributed by atoms with Gasteiger partial charge >= 0.3 is 5.97 Å². The highest BCUT2D eigenvalue weighted by Crippen LogP contribution is 2.08. The number of aliphatic carboxylic acids is 1. The van der Waals surface area contributed by atoms with Crippen LogP contribution in [0.5, 0.6) is 0 Å². The highest BCUT2D eigenvalue weighted by Gasteiger charge is 2.11. The van der Waals surface area contributed by atoms with Gasteiger partial charge in [0, 0.05) is 11.1 Å². The van der Waals surface area contributed by atoms with E-state index in [1.807, 2.05) is 91.0 Å². The molecule has 0 saturated heterocycles. The van der Waals surface area contributed by atoms with E-state index < -0.39 is 12.0 Å². The van der Waals surface area contributed by atoms with Crippen molar-refractivity contribution in [3.05, 3.63) is 108 Å². The fourth-order valence-electron chi connectivity index (χ4n) is 2.30. The summed E-state index contributed by atoms with van der Waals surface area (Å²) in [6.07, 6.45) is 0.385. The van der Waals surface area contributed by atoms with E-state index in [2.05, 4.69) is 0 Å². The molecule has 0 fully saturated rings. The average molecular weight is 347 g/mol. The first-order chi connectivity index (χ1) is 12.6. The Labute approximate surface area is 152 Å². The molecular formula is C22H21NO3. The van der Waals surface area contributed by atoms with Crippen LogP contribution < -0.4 is 5.73 Å². The minimum Gasteiger partial charge on any atom is -0.480 e. The summed E-state index contributed by atoms with van der Waals surface area (Å²) in [6.45, 7) is 0. The van der Waals surface area contributed by atoms with Crippen molar-refractivity contribution >= 4 is 11.8 Å². The van der Waals surface area contributed by atoms with Gasteiger partial charge in [0.2, 0.25) is 0 Å². The first-order valence-corrected chi connectivity index (χ1v) is 8.25. The van der Waals surface area contributed by atoms with Crippen LogP contribution in [0.25, 0.3) is 0 Å². The average Bonchev–Trinajstić information content (AvgIpc) is 2.70. The number of carboxylic acid groups (broad SMARTS) is 1. The topological polar surface area (TPSA) is 80.4 Å². The standard InChI is InChI=1S/C13H10O.C9H11NO2/c14-13(11-7-3-1-4-8-11)12-9-5-2-6-10-12;10-8(9(11)12)6-7-4-2-1-3-5-7/h1-10H;1-5,8H,6,10H2,(H,11,12). The smallest absolute Gasteiger partial charge is 0.320 e. The summed E-state index contributed by atoms with van der Waals surface area (Å²) in [7, 11) is 0. The van der Waals surface area contributed by atoms with Crippen molar-refractivity contribution in [2.75, 3.05) is 0 Å². The van der Waals surface area contributed by atoms with Gasteiger partial charge in [-0.25, -0.2) is 0 Å². The van der Waals surface area contributed by atoms with Crippen LogP contribution in [0, 0.1) is 0 Å². The van der Waals surface area contributed by atoms with Gasteiger partial charge in [-0.2, -0.15) is 0 Å². The monoisotopic (exact) mass is 347 g/mol. The quantitative estimate of drug-likeness (QED) is 0.692. The summed E-state index contributed by atoms with van der Waals surface area (Å²) < 4.78 is 0. The number of nitrogens with two attached hydrogens (primary N) is 1. The number of benzene rings is 3. The van der Waals surface area contributed by atoms with Gasteiger partial charge < -0.3 is 10.8 Å². The molecule has 0 heterocycles. The van der Waals surface area contributed by atoms with E-state index in [1.54, 1.807) is 0 Å². The van der Waals surface area contributed by atoms with E-state index in [0.717, 1.165) is 16.7 Å². The SMILES string of the molecule is NC(Cc1ccccc1)C(=O)O.O=C(c1ccccc1)c1ccccc1. The van der Waals surface area contributed by atoms with Crippen molar-refractivity contribution in [3.8, 4) is 0 Å². The van der Waals surface area contributed by atoms with Crippen LogP contribution >= 0.6 is 0 Å². The zero-order chi connectivity index (χ0) is 18.8. The van der Waals surface area contributed by atoms with E-state index in [9.17, 15) is 9.59 Å². The molecule has 26 heavy (non-hydrogen) atoms. The molecule has 0 aromatic heterocycles. The number of hydrogen-bond donors (Lipinski definition) is 2. The summed E-state index contributed by atoms with van der Waals surface area (Å²) in [5.41, 5.74) is 7.77. The van der Waals surface area contributed by atoms with Crippen molar-refractivity contribution in [3.63, 3.8) is 0 Å². The molecule has 1 unspecified atom stereocenters. The maximum absolute atomic E-state index is 11.8. The molecule has 4 heteroatoms. The molecule has 3 N–H and O–H groups in total. The van der Waals surface area contributed by atoms with Crippen LogP contribution in [-0.2, 0) is 11.2 Å². The van der Waals surface area contributed by atoms with Gasteiger partial charge in [0.05, 0.1) is 0 Å². The number of carbonyl (C=O) groups is 2. The Morgan fingerprint density at radius 3 is 1.50 bits per heavy atom. The predicted octanol–water partition coefficient (Wildman–Crippen LogP) is 3.56. The zero-order valence-corrected chi connectivity index (χ0v) is 14.3. The molecule has 3 rings (SSSR count). The van der Waals surface area contributed by atoms with Crippen molar-refractivity contribution in [2.24, 2.45) is 5.73 Å². The lowest BCUT2D eigenvalue weighted by Gasteiger charge is -2.04. The molecule has 3 aromatic carbocycles. The van der Waals surface area contributed by atoms with Crippen LogP contribution in [0.3, 0.4) is 0 Å². The summed E-state index contributed by atoms with van der Waals surface area (Å²) in [5.74, 6) is -0.884. The van der Waals surface area contributed by atoms with Gasteiger partial charge in [0.15, 0.2) is 5.78 Å². The van der Waals surface area contributed by atoms with Crippen molar-refractivity contribution in [1.29, 1.82) is 0 Å². The fraction of sp³-hybridized carbons (Fsp3) is 0.0909. The summed E-state index contributed by atoms with van der Waals surface area (Å²) in [5, 5.41) is 8.52. The van der Waals surface area contributed by atoms with Crippen molar-refractivity contribution in [2.45, 2.75) is 12.5 Å².